The summed E-state index contributed by atoms with van der Waals surface area (Å²) in [6.07, 6.45) is 3.44. The minimum atomic E-state index is 0.833. The molecule has 7 nitrogen and oxygen atoms in total. The lowest BCUT2D eigenvalue weighted by molar-refractivity contribution is 0.0331. The molecule has 0 radical (unpaired) electrons. The average Bonchev–Trinajstić information content (AvgIpc) is 3.23. The molecule has 0 spiro atoms. The fourth-order valence-corrected chi connectivity index (χ4v) is 4.20. The molecule has 0 amide bonds. The molecule has 0 unspecified atom stereocenters. The van der Waals surface area contributed by atoms with Gasteiger partial charge in [0.2, 0.25) is 0 Å². The predicted molar refractivity (Wildman–Crippen MR) is 115 cm³/mol. The zero-order valence-corrected chi connectivity index (χ0v) is 16.8. The van der Waals surface area contributed by atoms with Crippen LogP contribution in [0.2, 0.25) is 0 Å². The third-order valence-corrected chi connectivity index (χ3v) is 6.01. The van der Waals surface area contributed by atoms with Crippen LogP contribution < -0.4 is 4.90 Å². The fraction of sp³-hybridized carbons (Fsp3) is 0.455. The Hall–Kier alpha value is -2.48. The number of fused-ring (bicyclic) bond motifs is 1. The fourth-order valence-electron chi connectivity index (χ4n) is 4.20. The predicted octanol–water partition coefficient (Wildman–Crippen LogP) is 2.08. The topological polar surface area (TPSA) is 60.5 Å². The monoisotopic (exact) mass is 392 g/mol. The Balaban J connectivity index is 1.16. The Bertz CT molecular complexity index is 893. The van der Waals surface area contributed by atoms with E-state index in [-0.39, 0.29) is 0 Å². The molecule has 7 heteroatoms. The molecule has 1 N–H and O–H groups in total. The van der Waals surface area contributed by atoms with Crippen LogP contribution in [0.25, 0.3) is 22.4 Å². The van der Waals surface area contributed by atoms with Gasteiger partial charge >= 0.3 is 0 Å². The maximum Gasteiger partial charge on any atom is 0.156 e. The van der Waals surface area contributed by atoms with E-state index >= 15 is 0 Å². The van der Waals surface area contributed by atoms with Gasteiger partial charge in [0.25, 0.3) is 0 Å². The van der Waals surface area contributed by atoms with Crippen LogP contribution in [-0.4, -0.2) is 90.3 Å². The lowest BCUT2D eigenvalue weighted by atomic mass is 10.1. The number of nitrogens with zero attached hydrogens (tertiary/aromatic N) is 5. The highest BCUT2D eigenvalue weighted by Crippen LogP contribution is 2.25. The van der Waals surface area contributed by atoms with Crippen LogP contribution in [0.5, 0.6) is 0 Å². The van der Waals surface area contributed by atoms with Gasteiger partial charge in [-0.25, -0.2) is 4.98 Å². The molecule has 152 valence electrons. The smallest absolute Gasteiger partial charge is 0.156 e. The van der Waals surface area contributed by atoms with Gasteiger partial charge in [0.1, 0.15) is 5.52 Å². The Morgan fingerprint density at radius 2 is 1.52 bits per heavy atom. The summed E-state index contributed by atoms with van der Waals surface area (Å²) < 4.78 is 5.44. The highest BCUT2D eigenvalue weighted by molar-refractivity contribution is 5.79. The number of rotatable bonds is 5. The minimum absolute atomic E-state index is 0.833. The van der Waals surface area contributed by atoms with Crippen LogP contribution in [0.3, 0.4) is 0 Å². The summed E-state index contributed by atoms with van der Waals surface area (Å²) in [6.45, 7) is 10.7. The quantitative estimate of drug-likeness (QED) is 0.717. The molecule has 0 bridgehead atoms. The number of hydrogen-bond donors (Lipinski definition) is 1. The van der Waals surface area contributed by atoms with E-state index in [1.165, 1.54) is 5.69 Å². The molecule has 0 saturated carbocycles. The average molecular weight is 393 g/mol. The van der Waals surface area contributed by atoms with Gasteiger partial charge in [-0.3, -0.25) is 14.8 Å². The van der Waals surface area contributed by atoms with E-state index in [0.29, 0.717) is 0 Å². The zero-order valence-electron chi connectivity index (χ0n) is 16.8. The van der Waals surface area contributed by atoms with Crippen LogP contribution >= 0.6 is 0 Å². The summed E-state index contributed by atoms with van der Waals surface area (Å²) >= 11 is 0. The number of morpholine rings is 1. The van der Waals surface area contributed by atoms with Gasteiger partial charge < -0.3 is 14.6 Å². The van der Waals surface area contributed by atoms with Crippen molar-refractivity contribution in [3.63, 3.8) is 0 Å². The van der Waals surface area contributed by atoms with Crippen molar-refractivity contribution in [2.75, 3.05) is 70.5 Å². The number of piperazine rings is 1. The second-order valence-corrected chi connectivity index (χ2v) is 7.80. The Morgan fingerprint density at radius 3 is 2.24 bits per heavy atom. The van der Waals surface area contributed by atoms with Crippen molar-refractivity contribution in [3.05, 3.63) is 42.7 Å². The number of aromatic amines is 1. The van der Waals surface area contributed by atoms with Gasteiger partial charge in [0, 0.05) is 76.1 Å². The first kappa shape index (κ1) is 18.5. The number of anilines is 1. The summed E-state index contributed by atoms with van der Waals surface area (Å²) in [7, 11) is 0. The zero-order chi connectivity index (χ0) is 19.5. The van der Waals surface area contributed by atoms with Crippen molar-refractivity contribution in [2.45, 2.75) is 0 Å². The molecule has 1 aromatic carbocycles. The Morgan fingerprint density at radius 1 is 0.828 bits per heavy atom. The van der Waals surface area contributed by atoms with Crippen molar-refractivity contribution >= 4 is 16.9 Å². The van der Waals surface area contributed by atoms with E-state index in [1.54, 1.807) is 12.4 Å². The van der Waals surface area contributed by atoms with Crippen LogP contribution in [0, 0.1) is 0 Å². The third kappa shape index (κ3) is 4.27. The van der Waals surface area contributed by atoms with Crippen LogP contribution in [0.4, 0.5) is 5.69 Å². The van der Waals surface area contributed by atoms with E-state index in [9.17, 15) is 0 Å². The molecular weight excluding hydrogens is 364 g/mol. The molecule has 3 aromatic rings. The summed E-state index contributed by atoms with van der Waals surface area (Å²) in [5.41, 5.74) is 5.26. The standard InChI is InChI=1S/C22H28N6O/c1-3-19(4-2-18(1)20-17-21-22(25-20)24-6-5-23-21)28-11-9-26(10-12-28)7-8-27-13-15-29-16-14-27/h1-6,17H,7-16H2,(H,24,25). The summed E-state index contributed by atoms with van der Waals surface area (Å²) in [5.74, 6) is 0. The van der Waals surface area contributed by atoms with E-state index in [0.717, 1.165) is 88.0 Å². The van der Waals surface area contributed by atoms with E-state index < -0.39 is 0 Å². The van der Waals surface area contributed by atoms with Crippen molar-refractivity contribution in [3.8, 4) is 11.3 Å². The molecular formula is C22H28N6O. The normalized spacial score (nSPS) is 19.1. The molecule has 2 aromatic heterocycles. The molecule has 2 aliphatic rings. The van der Waals surface area contributed by atoms with Gasteiger partial charge in [0.15, 0.2) is 5.65 Å². The summed E-state index contributed by atoms with van der Waals surface area (Å²) in [5, 5.41) is 0. The lowest BCUT2D eigenvalue weighted by Gasteiger charge is -2.37. The van der Waals surface area contributed by atoms with Crippen molar-refractivity contribution in [2.24, 2.45) is 0 Å². The van der Waals surface area contributed by atoms with E-state index in [4.69, 9.17) is 4.74 Å². The number of ether oxygens (including phenoxy) is 1. The Kier molecular flexibility index (Phi) is 5.43. The molecule has 4 heterocycles. The number of H-pyrrole nitrogens is 1. The molecule has 29 heavy (non-hydrogen) atoms. The molecule has 2 saturated heterocycles. The largest absolute Gasteiger partial charge is 0.379 e. The first-order valence-corrected chi connectivity index (χ1v) is 10.5. The number of benzene rings is 1. The van der Waals surface area contributed by atoms with Gasteiger partial charge in [-0.05, 0) is 23.8 Å². The molecule has 0 atom stereocenters. The van der Waals surface area contributed by atoms with Crippen LogP contribution in [0.1, 0.15) is 0 Å². The first-order valence-electron chi connectivity index (χ1n) is 10.5. The van der Waals surface area contributed by atoms with Gasteiger partial charge in [-0.1, -0.05) is 12.1 Å². The number of nitrogens with one attached hydrogen (secondary N) is 1. The van der Waals surface area contributed by atoms with Crippen molar-refractivity contribution < 1.29 is 4.74 Å². The lowest BCUT2D eigenvalue weighted by Crippen LogP contribution is -2.49. The minimum Gasteiger partial charge on any atom is -0.379 e. The number of aromatic nitrogens is 3. The third-order valence-electron chi connectivity index (χ3n) is 6.01. The maximum absolute atomic E-state index is 5.44. The Labute approximate surface area is 171 Å². The molecule has 2 aliphatic heterocycles. The second-order valence-electron chi connectivity index (χ2n) is 7.80. The summed E-state index contributed by atoms with van der Waals surface area (Å²) in [6, 6.07) is 10.9. The maximum atomic E-state index is 5.44. The van der Waals surface area contributed by atoms with Gasteiger partial charge in [0.05, 0.1) is 13.2 Å². The first-order chi connectivity index (χ1) is 14.3. The van der Waals surface area contributed by atoms with Crippen LogP contribution in [0.15, 0.2) is 42.7 Å². The molecule has 0 aliphatic carbocycles. The highest BCUT2D eigenvalue weighted by atomic mass is 16.5. The van der Waals surface area contributed by atoms with Crippen molar-refractivity contribution in [1.82, 2.24) is 24.8 Å². The van der Waals surface area contributed by atoms with Crippen LogP contribution in [-0.2, 0) is 4.74 Å². The van der Waals surface area contributed by atoms with E-state index in [1.807, 2.05) is 0 Å². The highest BCUT2D eigenvalue weighted by Gasteiger charge is 2.18. The van der Waals surface area contributed by atoms with Gasteiger partial charge in [-0.2, -0.15) is 0 Å². The molecule has 2 fully saturated rings. The second kappa shape index (κ2) is 8.49. The molecule has 5 rings (SSSR count). The SMILES string of the molecule is c1cnc2[nH]c(-c3ccc(N4CCN(CCN5CCOCC5)CC4)cc3)cc2n1. The summed E-state index contributed by atoms with van der Waals surface area (Å²) in [4.78, 5) is 19.6. The number of hydrogen-bond acceptors (Lipinski definition) is 6. The van der Waals surface area contributed by atoms with E-state index in [2.05, 4.69) is 60.0 Å². The van der Waals surface area contributed by atoms with Crippen molar-refractivity contribution in [1.29, 1.82) is 0 Å². The van der Waals surface area contributed by atoms with Gasteiger partial charge in [-0.15, -0.1) is 0 Å².